The van der Waals surface area contributed by atoms with Crippen LogP contribution in [0.4, 0.5) is 5.69 Å². The summed E-state index contributed by atoms with van der Waals surface area (Å²) in [6.07, 6.45) is 1.58. The molecule has 3 rings (SSSR count). The minimum atomic E-state index is -0.892. The molecule has 6 heteroatoms. The molecule has 0 atom stereocenters. The number of hydrogen-bond donors (Lipinski definition) is 1. The molecular formula is C19H25N3O3. The molecule has 1 aromatic carbocycles. The van der Waals surface area contributed by atoms with Crippen molar-refractivity contribution in [2.75, 3.05) is 18.1 Å². The van der Waals surface area contributed by atoms with Crippen LogP contribution in [0, 0.1) is 20.8 Å². The van der Waals surface area contributed by atoms with E-state index in [0.717, 1.165) is 28.3 Å². The van der Waals surface area contributed by atoms with Crippen molar-refractivity contribution in [3.05, 3.63) is 40.7 Å². The molecule has 0 aliphatic carbocycles. The van der Waals surface area contributed by atoms with Gasteiger partial charge in [-0.3, -0.25) is 9.48 Å². The van der Waals surface area contributed by atoms with Crippen molar-refractivity contribution in [3.63, 3.8) is 0 Å². The quantitative estimate of drug-likeness (QED) is 0.930. The van der Waals surface area contributed by atoms with Gasteiger partial charge in [-0.2, -0.15) is 5.10 Å². The number of carbonyl (C=O) groups is 1. The number of nitrogens with zero attached hydrogens (tertiary/aromatic N) is 3. The Morgan fingerprint density at radius 1 is 1.32 bits per heavy atom. The van der Waals surface area contributed by atoms with E-state index in [1.54, 1.807) is 29.6 Å². The van der Waals surface area contributed by atoms with Crippen molar-refractivity contribution in [2.24, 2.45) is 0 Å². The number of anilines is 1. The minimum Gasteiger partial charge on any atom is -0.489 e. The number of fused-ring (bicyclic) bond motifs is 1. The third kappa shape index (κ3) is 3.39. The number of ether oxygens (including phenoxy) is 1. The first-order valence-corrected chi connectivity index (χ1v) is 8.48. The number of rotatable bonds is 3. The Kier molecular flexibility index (Phi) is 4.33. The number of hydrogen-bond acceptors (Lipinski definition) is 4. The van der Waals surface area contributed by atoms with E-state index < -0.39 is 5.60 Å². The van der Waals surface area contributed by atoms with Gasteiger partial charge in [-0.15, -0.1) is 0 Å². The highest BCUT2D eigenvalue weighted by molar-refractivity contribution is 6.07. The smallest absolute Gasteiger partial charge is 0.261 e. The molecular weight excluding hydrogens is 318 g/mol. The normalized spacial score (nSPS) is 14.2. The number of amides is 1. The number of benzene rings is 1. The molecule has 0 unspecified atom stereocenters. The van der Waals surface area contributed by atoms with Gasteiger partial charge in [0, 0.05) is 5.69 Å². The van der Waals surface area contributed by atoms with Crippen molar-refractivity contribution in [1.29, 1.82) is 0 Å². The van der Waals surface area contributed by atoms with Gasteiger partial charge >= 0.3 is 0 Å². The predicted molar refractivity (Wildman–Crippen MR) is 96.3 cm³/mol. The van der Waals surface area contributed by atoms with Crippen LogP contribution in [0.1, 0.15) is 41.0 Å². The van der Waals surface area contributed by atoms with Crippen molar-refractivity contribution in [2.45, 2.75) is 46.8 Å². The van der Waals surface area contributed by atoms with Crippen LogP contribution >= 0.6 is 0 Å². The Morgan fingerprint density at radius 3 is 2.72 bits per heavy atom. The third-order valence-corrected chi connectivity index (χ3v) is 4.37. The molecule has 2 heterocycles. The summed E-state index contributed by atoms with van der Waals surface area (Å²) in [4.78, 5) is 14.9. The van der Waals surface area contributed by atoms with Crippen LogP contribution < -0.4 is 9.64 Å². The van der Waals surface area contributed by atoms with Crippen molar-refractivity contribution >= 4 is 11.6 Å². The summed E-state index contributed by atoms with van der Waals surface area (Å²) < 4.78 is 7.46. The van der Waals surface area contributed by atoms with Crippen LogP contribution in [-0.2, 0) is 6.54 Å². The predicted octanol–water partition coefficient (Wildman–Crippen LogP) is 2.62. The molecule has 2 aromatic rings. The van der Waals surface area contributed by atoms with Crippen molar-refractivity contribution in [3.8, 4) is 5.75 Å². The summed E-state index contributed by atoms with van der Waals surface area (Å²) in [5, 5.41) is 14.3. The highest BCUT2D eigenvalue weighted by Crippen LogP contribution is 2.36. The molecule has 1 aliphatic heterocycles. The van der Waals surface area contributed by atoms with E-state index in [4.69, 9.17) is 4.74 Å². The molecule has 0 saturated heterocycles. The van der Waals surface area contributed by atoms with E-state index in [9.17, 15) is 9.90 Å². The molecule has 0 spiro atoms. The second-order valence-electron chi connectivity index (χ2n) is 7.35. The number of aliphatic hydroxyl groups is 1. The molecule has 6 nitrogen and oxygen atoms in total. The number of aryl methyl sites for hydroxylation is 2. The number of carbonyl (C=O) groups excluding carboxylic acids is 1. The monoisotopic (exact) mass is 343 g/mol. The van der Waals surface area contributed by atoms with Gasteiger partial charge in [0.05, 0.1) is 36.1 Å². The Labute approximate surface area is 148 Å². The van der Waals surface area contributed by atoms with E-state index in [-0.39, 0.29) is 5.91 Å². The lowest BCUT2D eigenvalue weighted by Gasteiger charge is -2.31. The molecule has 0 radical (unpaired) electrons. The summed E-state index contributed by atoms with van der Waals surface area (Å²) in [5.74, 6) is 0.681. The lowest BCUT2D eigenvalue weighted by atomic mass is 10.1. The second kappa shape index (κ2) is 6.19. The summed E-state index contributed by atoms with van der Waals surface area (Å²) >= 11 is 0. The fourth-order valence-electron chi connectivity index (χ4n) is 3.22. The topological polar surface area (TPSA) is 67.6 Å². The van der Waals surface area contributed by atoms with Crippen LogP contribution in [0.5, 0.6) is 5.75 Å². The summed E-state index contributed by atoms with van der Waals surface area (Å²) in [5.41, 5.74) is 3.34. The molecule has 0 saturated carbocycles. The molecule has 25 heavy (non-hydrogen) atoms. The van der Waals surface area contributed by atoms with Gasteiger partial charge in [0.2, 0.25) is 0 Å². The van der Waals surface area contributed by atoms with E-state index in [1.807, 2.05) is 26.8 Å². The highest BCUT2D eigenvalue weighted by atomic mass is 16.5. The fourth-order valence-corrected chi connectivity index (χ4v) is 3.22. The van der Waals surface area contributed by atoms with Gasteiger partial charge in [-0.05, 0) is 51.8 Å². The zero-order chi connectivity index (χ0) is 18.4. The molecule has 1 N–H and O–H groups in total. The number of aromatic nitrogens is 2. The molecule has 134 valence electrons. The van der Waals surface area contributed by atoms with Crippen molar-refractivity contribution < 1.29 is 14.6 Å². The standard InChI is InChI=1S/C19H25N3O3/c1-12-8-13(2)17-16(9-12)21(6-7-25-17)18(23)15-10-20-22(14(15)3)11-19(4,5)24/h8-10,24H,6-7,11H2,1-5H3. The molecule has 0 bridgehead atoms. The average molecular weight is 343 g/mol. The van der Waals surface area contributed by atoms with Crippen LogP contribution in [0.25, 0.3) is 0 Å². The maximum atomic E-state index is 13.1. The molecule has 1 aromatic heterocycles. The van der Waals surface area contributed by atoms with Crippen LogP contribution in [0.3, 0.4) is 0 Å². The Morgan fingerprint density at radius 2 is 2.04 bits per heavy atom. The van der Waals surface area contributed by atoms with Gasteiger partial charge in [-0.25, -0.2) is 0 Å². The van der Waals surface area contributed by atoms with E-state index in [0.29, 0.717) is 25.3 Å². The molecule has 0 fully saturated rings. The second-order valence-corrected chi connectivity index (χ2v) is 7.35. The van der Waals surface area contributed by atoms with E-state index in [2.05, 4.69) is 11.2 Å². The lowest BCUT2D eigenvalue weighted by molar-refractivity contribution is 0.0569. The van der Waals surface area contributed by atoms with Crippen LogP contribution in [-0.4, -0.2) is 39.5 Å². The SMILES string of the molecule is Cc1cc(C)c2c(c1)N(C(=O)c1cnn(CC(C)(C)O)c1C)CCO2. The Balaban J connectivity index is 1.96. The van der Waals surface area contributed by atoms with Gasteiger partial charge in [0.1, 0.15) is 12.4 Å². The minimum absolute atomic E-state index is 0.0888. The summed E-state index contributed by atoms with van der Waals surface area (Å²) in [6.45, 7) is 10.6. The van der Waals surface area contributed by atoms with Gasteiger partial charge in [0.25, 0.3) is 5.91 Å². The largest absolute Gasteiger partial charge is 0.489 e. The lowest BCUT2D eigenvalue weighted by Crippen LogP contribution is -2.38. The molecule has 1 amide bonds. The van der Waals surface area contributed by atoms with Crippen molar-refractivity contribution in [1.82, 2.24) is 9.78 Å². The van der Waals surface area contributed by atoms with E-state index in [1.165, 1.54) is 0 Å². The summed E-state index contributed by atoms with van der Waals surface area (Å²) in [7, 11) is 0. The first-order chi connectivity index (χ1) is 11.7. The first kappa shape index (κ1) is 17.5. The summed E-state index contributed by atoms with van der Waals surface area (Å²) in [6, 6.07) is 4.04. The Bertz CT molecular complexity index is 818. The highest BCUT2D eigenvalue weighted by Gasteiger charge is 2.29. The zero-order valence-electron chi connectivity index (χ0n) is 15.5. The van der Waals surface area contributed by atoms with Crippen LogP contribution in [0.2, 0.25) is 0 Å². The van der Waals surface area contributed by atoms with Gasteiger partial charge in [-0.1, -0.05) is 6.07 Å². The zero-order valence-corrected chi connectivity index (χ0v) is 15.5. The first-order valence-electron chi connectivity index (χ1n) is 8.48. The fraction of sp³-hybridized carbons (Fsp3) is 0.474. The van der Waals surface area contributed by atoms with E-state index >= 15 is 0 Å². The Hall–Kier alpha value is -2.34. The van der Waals surface area contributed by atoms with Gasteiger partial charge in [0.15, 0.2) is 0 Å². The van der Waals surface area contributed by atoms with Gasteiger partial charge < -0.3 is 14.7 Å². The third-order valence-electron chi connectivity index (χ3n) is 4.37. The van der Waals surface area contributed by atoms with Crippen LogP contribution in [0.15, 0.2) is 18.3 Å². The molecule has 1 aliphatic rings. The average Bonchev–Trinajstić information content (AvgIpc) is 2.85. The maximum Gasteiger partial charge on any atom is 0.261 e. The maximum absolute atomic E-state index is 13.1.